The normalized spacial score (nSPS) is 23.6. The molecule has 1 rings (SSSR count). The number of rotatable bonds is 7. The predicted octanol–water partition coefficient (Wildman–Crippen LogP) is 2.29. The molecule has 1 heterocycles. The second-order valence-corrected chi connectivity index (χ2v) is 5.61. The average molecular weight is 254 g/mol. The standard InChI is InChI=1S/C15H30N2O/c1-5-14(4)15-11-17(8-6-7-16-15)9-10-18-12-13(2)3/h14-16H,2,5-12H2,1,3-4H3. The van der Waals surface area contributed by atoms with E-state index < -0.39 is 0 Å². The molecule has 3 nitrogen and oxygen atoms in total. The lowest BCUT2D eigenvalue weighted by Crippen LogP contribution is -2.42. The van der Waals surface area contributed by atoms with Crippen LogP contribution >= 0.6 is 0 Å². The minimum absolute atomic E-state index is 0.638. The van der Waals surface area contributed by atoms with Gasteiger partial charge in [0.25, 0.3) is 0 Å². The van der Waals surface area contributed by atoms with Crippen molar-refractivity contribution in [1.82, 2.24) is 10.2 Å². The molecule has 0 aliphatic carbocycles. The van der Waals surface area contributed by atoms with E-state index in [1.165, 1.54) is 19.4 Å². The maximum atomic E-state index is 5.60. The summed E-state index contributed by atoms with van der Waals surface area (Å²) in [5.41, 5.74) is 1.10. The fraction of sp³-hybridized carbons (Fsp3) is 0.867. The van der Waals surface area contributed by atoms with Gasteiger partial charge in [0.2, 0.25) is 0 Å². The van der Waals surface area contributed by atoms with Crippen molar-refractivity contribution in [2.45, 2.75) is 39.7 Å². The first-order valence-electron chi connectivity index (χ1n) is 7.31. The Hall–Kier alpha value is -0.380. The van der Waals surface area contributed by atoms with Crippen molar-refractivity contribution in [2.75, 3.05) is 39.4 Å². The summed E-state index contributed by atoms with van der Waals surface area (Å²) >= 11 is 0. The van der Waals surface area contributed by atoms with Gasteiger partial charge in [0, 0.05) is 19.1 Å². The van der Waals surface area contributed by atoms with Gasteiger partial charge in [-0.15, -0.1) is 0 Å². The second kappa shape index (κ2) is 8.68. The molecule has 0 aromatic rings. The SMILES string of the molecule is C=C(C)COCCN1CCCNC(C(C)CC)C1. The molecule has 0 aromatic heterocycles. The Labute approximate surface area is 113 Å². The quantitative estimate of drug-likeness (QED) is 0.557. The largest absolute Gasteiger partial charge is 0.376 e. The van der Waals surface area contributed by atoms with Crippen molar-refractivity contribution in [3.05, 3.63) is 12.2 Å². The fourth-order valence-corrected chi connectivity index (χ4v) is 2.33. The van der Waals surface area contributed by atoms with Crippen molar-refractivity contribution in [3.63, 3.8) is 0 Å². The van der Waals surface area contributed by atoms with E-state index in [0.717, 1.165) is 37.7 Å². The molecule has 0 bridgehead atoms. The highest BCUT2D eigenvalue weighted by molar-refractivity contribution is 4.87. The second-order valence-electron chi connectivity index (χ2n) is 5.61. The highest BCUT2D eigenvalue weighted by atomic mass is 16.5. The summed E-state index contributed by atoms with van der Waals surface area (Å²) < 4.78 is 5.60. The Bertz CT molecular complexity index is 243. The highest BCUT2D eigenvalue weighted by Crippen LogP contribution is 2.12. The number of nitrogens with one attached hydrogen (secondary N) is 1. The van der Waals surface area contributed by atoms with Crippen LogP contribution < -0.4 is 5.32 Å². The van der Waals surface area contributed by atoms with Crippen molar-refractivity contribution < 1.29 is 4.74 Å². The molecule has 0 radical (unpaired) electrons. The predicted molar refractivity (Wildman–Crippen MR) is 77.9 cm³/mol. The van der Waals surface area contributed by atoms with Crippen molar-refractivity contribution in [1.29, 1.82) is 0 Å². The van der Waals surface area contributed by atoms with Crippen LogP contribution in [0.4, 0.5) is 0 Å². The van der Waals surface area contributed by atoms with Gasteiger partial charge in [0.1, 0.15) is 0 Å². The van der Waals surface area contributed by atoms with Gasteiger partial charge in [-0.3, -0.25) is 4.90 Å². The topological polar surface area (TPSA) is 24.5 Å². The van der Waals surface area contributed by atoms with E-state index in [1.54, 1.807) is 0 Å². The van der Waals surface area contributed by atoms with Crippen LogP contribution in [0.1, 0.15) is 33.6 Å². The number of nitrogens with zero attached hydrogens (tertiary/aromatic N) is 1. The van der Waals surface area contributed by atoms with Crippen LogP contribution in [0, 0.1) is 5.92 Å². The third kappa shape index (κ3) is 5.98. The molecular formula is C15H30N2O. The molecular weight excluding hydrogens is 224 g/mol. The number of hydrogen-bond donors (Lipinski definition) is 1. The summed E-state index contributed by atoms with van der Waals surface area (Å²) in [5.74, 6) is 0.752. The summed E-state index contributed by atoms with van der Waals surface area (Å²) in [6.07, 6.45) is 2.49. The van der Waals surface area contributed by atoms with Crippen LogP contribution in [0.2, 0.25) is 0 Å². The van der Waals surface area contributed by atoms with Gasteiger partial charge < -0.3 is 10.1 Å². The maximum absolute atomic E-state index is 5.60. The van der Waals surface area contributed by atoms with Gasteiger partial charge >= 0.3 is 0 Å². The van der Waals surface area contributed by atoms with Crippen LogP contribution in [0.25, 0.3) is 0 Å². The van der Waals surface area contributed by atoms with Gasteiger partial charge in [-0.1, -0.05) is 32.4 Å². The Balaban J connectivity index is 2.28. The molecule has 2 unspecified atom stereocenters. The van der Waals surface area contributed by atoms with Crippen molar-refractivity contribution in [3.8, 4) is 0 Å². The Morgan fingerprint density at radius 1 is 1.56 bits per heavy atom. The Morgan fingerprint density at radius 3 is 3.00 bits per heavy atom. The van der Waals surface area contributed by atoms with Crippen LogP contribution in [0.5, 0.6) is 0 Å². The van der Waals surface area contributed by atoms with Gasteiger partial charge in [-0.2, -0.15) is 0 Å². The first-order chi connectivity index (χ1) is 8.63. The van der Waals surface area contributed by atoms with Crippen molar-refractivity contribution in [2.24, 2.45) is 5.92 Å². The molecule has 0 amide bonds. The lowest BCUT2D eigenvalue weighted by atomic mass is 9.99. The summed E-state index contributed by atoms with van der Waals surface area (Å²) in [6, 6.07) is 0.638. The minimum Gasteiger partial charge on any atom is -0.376 e. The Morgan fingerprint density at radius 2 is 2.33 bits per heavy atom. The van der Waals surface area contributed by atoms with E-state index >= 15 is 0 Å². The summed E-state index contributed by atoms with van der Waals surface area (Å²) in [4.78, 5) is 2.54. The van der Waals surface area contributed by atoms with Crippen LogP contribution in [-0.2, 0) is 4.74 Å². The summed E-state index contributed by atoms with van der Waals surface area (Å²) in [6.45, 7) is 16.5. The molecule has 18 heavy (non-hydrogen) atoms. The van der Waals surface area contributed by atoms with E-state index in [0.29, 0.717) is 12.6 Å². The van der Waals surface area contributed by atoms with Crippen molar-refractivity contribution >= 4 is 0 Å². The summed E-state index contributed by atoms with van der Waals surface area (Å²) in [7, 11) is 0. The number of ether oxygens (including phenoxy) is 1. The molecule has 0 saturated carbocycles. The first kappa shape index (κ1) is 15.7. The number of hydrogen-bond acceptors (Lipinski definition) is 3. The molecule has 3 heteroatoms. The van der Waals surface area contributed by atoms with Gasteiger partial charge in [0.15, 0.2) is 0 Å². The molecule has 0 aromatic carbocycles. The summed E-state index contributed by atoms with van der Waals surface area (Å²) in [5, 5.41) is 3.67. The van der Waals surface area contributed by atoms with Gasteiger partial charge in [-0.05, 0) is 32.4 Å². The fourth-order valence-electron chi connectivity index (χ4n) is 2.33. The molecule has 1 aliphatic rings. The lowest BCUT2D eigenvalue weighted by Gasteiger charge is -2.27. The minimum atomic E-state index is 0.638. The molecule has 1 fully saturated rings. The zero-order chi connectivity index (χ0) is 13.4. The van der Waals surface area contributed by atoms with E-state index in [-0.39, 0.29) is 0 Å². The Kier molecular flexibility index (Phi) is 7.56. The van der Waals surface area contributed by atoms with Crippen LogP contribution in [0.15, 0.2) is 12.2 Å². The smallest absolute Gasteiger partial charge is 0.0672 e. The van der Waals surface area contributed by atoms with Crippen LogP contribution in [0.3, 0.4) is 0 Å². The third-order valence-electron chi connectivity index (χ3n) is 3.74. The van der Waals surface area contributed by atoms with E-state index in [1.807, 2.05) is 6.92 Å². The zero-order valence-corrected chi connectivity index (χ0v) is 12.4. The van der Waals surface area contributed by atoms with Gasteiger partial charge in [0.05, 0.1) is 13.2 Å². The van der Waals surface area contributed by atoms with Gasteiger partial charge in [-0.25, -0.2) is 0 Å². The van der Waals surface area contributed by atoms with Crippen LogP contribution in [-0.4, -0.2) is 50.3 Å². The maximum Gasteiger partial charge on any atom is 0.0672 e. The molecule has 1 saturated heterocycles. The lowest BCUT2D eigenvalue weighted by molar-refractivity contribution is 0.116. The molecule has 2 atom stereocenters. The zero-order valence-electron chi connectivity index (χ0n) is 12.4. The first-order valence-corrected chi connectivity index (χ1v) is 7.31. The molecule has 0 spiro atoms. The molecule has 1 N–H and O–H groups in total. The monoisotopic (exact) mass is 254 g/mol. The van der Waals surface area contributed by atoms with E-state index in [9.17, 15) is 0 Å². The average Bonchev–Trinajstić information content (AvgIpc) is 2.59. The highest BCUT2D eigenvalue weighted by Gasteiger charge is 2.21. The van der Waals surface area contributed by atoms with E-state index in [4.69, 9.17) is 4.74 Å². The van der Waals surface area contributed by atoms with E-state index in [2.05, 4.69) is 30.6 Å². The molecule has 1 aliphatic heterocycles. The third-order valence-corrected chi connectivity index (χ3v) is 3.74. The molecule has 106 valence electrons.